The second-order valence-corrected chi connectivity index (χ2v) is 6.11. The maximum atomic E-state index is 12.3. The molecule has 1 aromatic carbocycles. The molecule has 1 aliphatic heterocycles. The van der Waals surface area contributed by atoms with Gasteiger partial charge in [-0.15, -0.1) is 0 Å². The van der Waals surface area contributed by atoms with Crippen molar-refractivity contribution in [2.24, 2.45) is 4.99 Å². The lowest BCUT2D eigenvalue weighted by atomic mass is 10.1. The van der Waals surface area contributed by atoms with Crippen LogP contribution < -0.4 is 0 Å². The van der Waals surface area contributed by atoms with Crippen LogP contribution in [0.4, 0.5) is 0 Å². The molecule has 0 unspecified atom stereocenters. The first-order valence-corrected chi connectivity index (χ1v) is 7.21. The molecule has 6 heteroatoms. The maximum absolute atomic E-state index is 12.3. The summed E-state index contributed by atoms with van der Waals surface area (Å²) < 4.78 is 26.0. The molecule has 18 heavy (non-hydrogen) atoms. The molecule has 5 nitrogen and oxygen atoms in total. The molecule has 0 spiro atoms. The van der Waals surface area contributed by atoms with E-state index in [-0.39, 0.29) is 6.04 Å². The van der Waals surface area contributed by atoms with E-state index in [2.05, 4.69) is 4.99 Å². The van der Waals surface area contributed by atoms with Gasteiger partial charge < -0.3 is 0 Å². The van der Waals surface area contributed by atoms with Crippen LogP contribution in [0.2, 0.25) is 0 Å². The van der Waals surface area contributed by atoms with E-state index in [4.69, 9.17) is 0 Å². The Morgan fingerprint density at radius 3 is 2.33 bits per heavy atom. The molecule has 2 rings (SSSR count). The third-order valence-corrected chi connectivity index (χ3v) is 4.95. The highest BCUT2D eigenvalue weighted by Gasteiger charge is 2.28. The molecule has 0 radical (unpaired) electrons. The summed E-state index contributed by atoms with van der Waals surface area (Å²) in [5.41, 5.74) is 0. The minimum atomic E-state index is -3.41. The first-order valence-electron chi connectivity index (χ1n) is 5.77. The van der Waals surface area contributed by atoms with Crippen molar-refractivity contribution in [3.8, 4) is 0 Å². The number of hydrogen-bond acceptors (Lipinski definition) is 4. The Hall–Kier alpha value is -1.49. The van der Waals surface area contributed by atoms with Gasteiger partial charge in [0.15, 0.2) is 0 Å². The lowest BCUT2D eigenvalue weighted by Crippen LogP contribution is -2.39. The van der Waals surface area contributed by atoms with Crippen molar-refractivity contribution in [3.63, 3.8) is 0 Å². The van der Waals surface area contributed by atoms with Crippen LogP contribution in [0.3, 0.4) is 0 Å². The first-order chi connectivity index (χ1) is 8.64. The summed E-state index contributed by atoms with van der Waals surface area (Å²) in [6, 6.07) is 8.27. The molecule has 1 aromatic rings. The van der Waals surface area contributed by atoms with Gasteiger partial charge in [-0.3, -0.25) is 0 Å². The highest BCUT2D eigenvalue weighted by atomic mass is 32.2. The molecule has 1 saturated heterocycles. The molecular formula is C12H14N2O3S. The van der Waals surface area contributed by atoms with Gasteiger partial charge >= 0.3 is 0 Å². The number of sulfonamides is 1. The van der Waals surface area contributed by atoms with Crippen LogP contribution in [0, 0.1) is 0 Å². The average Bonchev–Trinajstić information content (AvgIpc) is 2.41. The quantitative estimate of drug-likeness (QED) is 0.609. The van der Waals surface area contributed by atoms with Crippen molar-refractivity contribution < 1.29 is 13.2 Å². The van der Waals surface area contributed by atoms with Crippen LogP contribution in [0.15, 0.2) is 40.2 Å². The standard InChI is InChI=1S/C12H14N2O3S/c15-10-13-11-6-8-14(9-7-11)18(16,17)12-4-2-1-3-5-12/h1-5,11H,6-9H2. The zero-order valence-corrected chi connectivity index (χ0v) is 10.6. The zero-order valence-electron chi connectivity index (χ0n) is 9.82. The Kier molecular flexibility index (Phi) is 3.91. The Morgan fingerprint density at radius 1 is 1.17 bits per heavy atom. The van der Waals surface area contributed by atoms with Crippen molar-refractivity contribution in [2.75, 3.05) is 13.1 Å². The molecule has 0 aromatic heterocycles. The van der Waals surface area contributed by atoms with E-state index < -0.39 is 10.0 Å². The molecule has 0 N–H and O–H groups in total. The van der Waals surface area contributed by atoms with Gasteiger partial charge in [0, 0.05) is 13.1 Å². The van der Waals surface area contributed by atoms with Gasteiger partial charge in [-0.25, -0.2) is 18.2 Å². The third-order valence-electron chi connectivity index (χ3n) is 3.04. The molecule has 0 saturated carbocycles. The van der Waals surface area contributed by atoms with Crippen molar-refractivity contribution >= 4 is 16.1 Å². The number of aliphatic imine (C=N–C) groups is 1. The van der Waals surface area contributed by atoms with Crippen molar-refractivity contribution in [3.05, 3.63) is 30.3 Å². The Labute approximate surface area is 106 Å². The third kappa shape index (κ3) is 2.67. The second kappa shape index (κ2) is 5.44. The monoisotopic (exact) mass is 266 g/mol. The molecule has 96 valence electrons. The molecular weight excluding hydrogens is 252 g/mol. The Bertz CT molecular complexity index is 542. The predicted octanol–water partition coefficient (Wildman–Crippen LogP) is 1.18. The summed E-state index contributed by atoms with van der Waals surface area (Å²) in [5.74, 6) is 0. The summed E-state index contributed by atoms with van der Waals surface area (Å²) in [7, 11) is -3.41. The minimum Gasteiger partial charge on any atom is -0.211 e. The van der Waals surface area contributed by atoms with Gasteiger partial charge in [0.1, 0.15) is 0 Å². The SMILES string of the molecule is O=C=NC1CCN(S(=O)(=O)c2ccccc2)CC1. The van der Waals surface area contributed by atoms with Crippen LogP contribution >= 0.6 is 0 Å². The first kappa shape index (κ1) is 13.0. The summed E-state index contributed by atoms with van der Waals surface area (Å²) in [5, 5.41) is 0. The predicted molar refractivity (Wildman–Crippen MR) is 66.3 cm³/mol. The lowest BCUT2D eigenvalue weighted by Gasteiger charge is -2.28. The number of hydrogen-bond donors (Lipinski definition) is 0. The van der Waals surface area contributed by atoms with Gasteiger partial charge in [-0.2, -0.15) is 4.31 Å². The van der Waals surface area contributed by atoms with Gasteiger partial charge in [-0.05, 0) is 25.0 Å². The minimum absolute atomic E-state index is 0.0928. The fourth-order valence-electron chi connectivity index (χ4n) is 2.03. The lowest BCUT2D eigenvalue weighted by molar-refractivity contribution is 0.320. The van der Waals surface area contributed by atoms with Gasteiger partial charge in [-0.1, -0.05) is 18.2 Å². The van der Waals surface area contributed by atoms with Gasteiger partial charge in [0.2, 0.25) is 16.1 Å². The fraction of sp³-hybridized carbons (Fsp3) is 0.417. The van der Waals surface area contributed by atoms with Crippen molar-refractivity contribution in [1.29, 1.82) is 0 Å². The van der Waals surface area contributed by atoms with Crippen LogP contribution in [0.1, 0.15) is 12.8 Å². The zero-order chi connectivity index (χ0) is 13.0. The van der Waals surface area contributed by atoms with E-state index in [1.807, 2.05) is 0 Å². The summed E-state index contributed by atoms with van der Waals surface area (Å²) in [4.78, 5) is 14.1. The van der Waals surface area contributed by atoms with E-state index in [9.17, 15) is 13.2 Å². The highest BCUT2D eigenvalue weighted by molar-refractivity contribution is 7.89. The molecule has 1 heterocycles. The Balaban J connectivity index is 2.12. The molecule has 1 fully saturated rings. The van der Waals surface area contributed by atoms with E-state index in [0.29, 0.717) is 30.8 Å². The Morgan fingerprint density at radius 2 is 1.78 bits per heavy atom. The highest BCUT2D eigenvalue weighted by Crippen LogP contribution is 2.21. The summed E-state index contributed by atoms with van der Waals surface area (Å²) in [6.07, 6.45) is 2.67. The van der Waals surface area contributed by atoms with Crippen LogP contribution in [-0.4, -0.2) is 37.9 Å². The molecule has 1 aliphatic rings. The van der Waals surface area contributed by atoms with Crippen LogP contribution in [-0.2, 0) is 14.8 Å². The summed E-state index contributed by atoms with van der Waals surface area (Å²) >= 11 is 0. The van der Waals surface area contributed by atoms with E-state index >= 15 is 0 Å². The topological polar surface area (TPSA) is 66.8 Å². The van der Waals surface area contributed by atoms with Crippen molar-refractivity contribution in [2.45, 2.75) is 23.8 Å². The molecule has 0 aliphatic carbocycles. The smallest absolute Gasteiger partial charge is 0.211 e. The number of benzene rings is 1. The normalized spacial score (nSPS) is 18.2. The maximum Gasteiger partial charge on any atom is 0.243 e. The van der Waals surface area contributed by atoms with Gasteiger partial charge in [0.05, 0.1) is 10.9 Å². The van der Waals surface area contributed by atoms with Crippen LogP contribution in [0.25, 0.3) is 0 Å². The second-order valence-electron chi connectivity index (χ2n) is 4.17. The van der Waals surface area contributed by atoms with E-state index in [1.54, 1.807) is 30.3 Å². The molecule has 0 amide bonds. The van der Waals surface area contributed by atoms with Crippen LogP contribution in [0.5, 0.6) is 0 Å². The largest absolute Gasteiger partial charge is 0.243 e. The van der Waals surface area contributed by atoms with E-state index in [0.717, 1.165) is 0 Å². The van der Waals surface area contributed by atoms with Crippen molar-refractivity contribution in [1.82, 2.24) is 4.31 Å². The number of piperidine rings is 1. The number of carbonyl (C=O) groups excluding carboxylic acids is 1. The molecule has 0 bridgehead atoms. The number of rotatable bonds is 3. The number of nitrogens with zero attached hydrogens (tertiary/aromatic N) is 2. The fourth-order valence-corrected chi connectivity index (χ4v) is 3.52. The molecule has 0 atom stereocenters. The van der Waals surface area contributed by atoms with Gasteiger partial charge in [0.25, 0.3) is 0 Å². The van der Waals surface area contributed by atoms with E-state index in [1.165, 1.54) is 10.4 Å². The number of isocyanates is 1. The average molecular weight is 266 g/mol. The summed E-state index contributed by atoms with van der Waals surface area (Å²) in [6.45, 7) is 0.792.